The van der Waals surface area contributed by atoms with E-state index in [0.29, 0.717) is 11.3 Å². The number of carbonyl (C=O) groups excluding carboxylic acids is 1. The lowest BCUT2D eigenvalue weighted by atomic mass is 9.82. The van der Waals surface area contributed by atoms with Crippen molar-refractivity contribution in [1.82, 2.24) is 10.2 Å². The molecule has 0 aromatic rings. The van der Waals surface area contributed by atoms with E-state index < -0.39 is 0 Å². The summed E-state index contributed by atoms with van der Waals surface area (Å²) in [6, 6.07) is 0.0110. The highest BCUT2D eigenvalue weighted by molar-refractivity contribution is 5.83. The molecule has 0 aromatic carbocycles. The van der Waals surface area contributed by atoms with Gasteiger partial charge in [-0.3, -0.25) is 10.1 Å². The zero-order valence-electron chi connectivity index (χ0n) is 12.2. The van der Waals surface area contributed by atoms with Gasteiger partial charge in [0.25, 0.3) is 0 Å². The van der Waals surface area contributed by atoms with E-state index in [1.165, 1.54) is 32.1 Å². The van der Waals surface area contributed by atoms with Gasteiger partial charge in [-0.25, -0.2) is 0 Å². The molecule has 1 saturated carbocycles. The van der Waals surface area contributed by atoms with Crippen molar-refractivity contribution in [3.8, 4) is 0 Å². The molecule has 1 amide bonds. The topological polar surface area (TPSA) is 32.3 Å². The van der Waals surface area contributed by atoms with E-state index in [1.807, 2.05) is 6.92 Å². The van der Waals surface area contributed by atoms with Gasteiger partial charge >= 0.3 is 0 Å². The molecule has 2 atom stereocenters. The first-order valence-electron chi connectivity index (χ1n) is 7.68. The van der Waals surface area contributed by atoms with Gasteiger partial charge in [0, 0.05) is 6.54 Å². The first-order valence-corrected chi connectivity index (χ1v) is 7.68. The maximum absolute atomic E-state index is 12.3. The van der Waals surface area contributed by atoms with E-state index in [4.69, 9.17) is 0 Å². The van der Waals surface area contributed by atoms with Gasteiger partial charge in [-0.1, -0.05) is 33.1 Å². The summed E-state index contributed by atoms with van der Waals surface area (Å²) in [5, 5.41) is 3.45. The summed E-state index contributed by atoms with van der Waals surface area (Å²) in [6.45, 7) is 7.46. The van der Waals surface area contributed by atoms with Crippen molar-refractivity contribution in [2.45, 2.75) is 77.9 Å². The highest BCUT2D eigenvalue weighted by Crippen LogP contribution is 2.42. The van der Waals surface area contributed by atoms with E-state index in [0.717, 1.165) is 19.4 Å². The molecule has 2 aliphatic rings. The van der Waals surface area contributed by atoms with Crippen LogP contribution >= 0.6 is 0 Å². The highest BCUT2D eigenvalue weighted by atomic mass is 16.2. The Labute approximate surface area is 111 Å². The molecule has 2 fully saturated rings. The van der Waals surface area contributed by atoms with Crippen LogP contribution in [-0.4, -0.2) is 29.6 Å². The van der Waals surface area contributed by atoms with Gasteiger partial charge in [-0.2, -0.15) is 0 Å². The SMILES string of the molecule is CCCC1NC(C)C(=O)N1CC1(CC)CCCC1. The predicted molar refractivity (Wildman–Crippen MR) is 74.2 cm³/mol. The largest absolute Gasteiger partial charge is 0.325 e. The molecule has 1 saturated heterocycles. The van der Waals surface area contributed by atoms with Crippen molar-refractivity contribution in [1.29, 1.82) is 0 Å². The van der Waals surface area contributed by atoms with Crippen LogP contribution in [-0.2, 0) is 4.79 Å². The quantitative estimate of drug-likeness (QED) is 0.816. The molecular weight excluding hydrogens is 224 g/mol. The Morgan fingerprint density at radius 2 is 2.00 bits per heavy atom. The normalized spacial score (nSPS) is 31.3. The lowest BCUT2D eigenvalue weighted by Crippen LogP contribution is -2.43. The zero-order chi connectivity index (χ0) is 13.2. The van der Waals surface area contributed by atoms with Crippen LogP contribution in [0.25, 0.3) is 0 Å². The zero-order valence-corrected chi connectivity index (χ0v) is 12.2. The van der Waals surface area contributed by atoms with Gasteiger partial charge in [-0.05, 0) is 38.0 Å². The van der Waals surface area contributed by atoms with Crippen LogP contribution < -0.4 is 5.32 Å². The second-order valence-corrected chi connectivity index (χ2v) is 6.22. The van der Waals surface area contributed by atoms with Crippen LogP contribution in [0.15, 0.2) is 0 Å². The Bertz CT molecular complexity index is 297. The number of amides is 1. The molecule has 1 aliphatic heterocycles. The Balaban J connectivity index is 2.07. The average Bonchev–Trinajstić information content (AvgIpc) is 2.92. The van der Waals surface area contributed by atoms with Gasteiger partial charge < -0.3 is 4.90 Å². The number of nitrogens with zero attached hydrogens (tertiary/aromatic N) is 1. The fourth-order valence-electron chi connectivity index (χ4n) is 3.66. The third-order valence-corrected chi connectivity index (χ3v) is 4.95. The van der Waals surface area contributed by atoms with E-state index >= 15 is 0 Å². The number of nitrogens with one attached hydrogen (secondary N) is 1. The summed E-state index contributed by atoms with van der Waals surface area (Å²) in [7, 11) is 0. The molecule has 2 unspecified atom stereocenters. The minimum absolute atomic E-state index is 0.0110. The third-order valence-electron chi connectivity index (χ3n) is 4.95. The highest BCUT2D eigenvalue weighted by Gasteiger charge is 2.41. The van der Waals surface area contributed by atoms with Gasteiger partial charge in [-0.15, -0.1) is 0 Å². The van der Waals surface area contributed by atoms with Crippen LogP contribution in [0.3, 0.4) is 0 Å². The number of hydrogen-bond donors (Lipinski definition) is 1. The molecule has 0 radical (unpaired) electrons. The molecule has 0 spiro atoms. The van der Waals surface area contributed by atoms with Crippen LogP contribution in [0.4, 0.5) is 0 Å². The smallest absolute Gasteiger partial charge is 0.240 e. The predicted octanol–water partition coefficient (Wildman–Crippen LogP) is 2.90. The monoisotopic (exact) mass is 252 g/mol. The molecule has 0 bridgehead atoms. The Kier molecular flexibility index (Phi) is 4.31. The Hall–Kier alpha value is -0.570. The van der Waals surface area contributed by atoms with Crippen molar-refractivity contribution in [2.75, 3.05) is 6.54 Å². The van der Waals surface area contributed by atoms with Crippen molar-refractivity contribution >= 4 is 5.91 Å². The maximum Gasteiger partial charge on any atom is 0.240 e. The number of carbonyl (C=O) groups is 1. The third kappa shape index (κ3) is 2.56. The summed E-state index contributed by atoms with van der Waals surface area (Å²) in [6.07, 6.45) is 9.00. The first kappa shape index (κ1) is 13.9. The minimum Gasteiger partial charge on any atom is -0.325 e. The fourth-order valence-corrected chi connectivity index (χ4v) is 3.66. The summed E-state index contributed by atoms with van der Waals surface area (Å²) in [5.41, 5.74) is 0.410. The van der Waals surface area contributed by atoms with Gasteiger partial charge in [0.1, 0.15) is 0 Å². The second kappa shape index (κ2) is 5.60. The second-order valence-electron chi connectivity index (χ2n) is 6.22. The molecule has 3 heteroatoms. The molecule has 1 heterocycles. The molecule has 1 N–H and O–H groups in total. The van der Waals surface area contributed by atoms with Crippen molar-refractivity contribution in [3.63, 3.8) is 0 Å². The van der Waals surface area contributed by atoms with Gasteiger partial charge in [0.15, 0.2) is 0 Å². The van der Waals surface area contributed by atoms with Crippen LogP contribution in [0.2, 0.25) is 0 Å². The van der Waals surface area contributed by atoms with Crippen LogP contribution in [0.1, 0.15) is 65.7 Å². The average molecular weight is 252 g/mol. The summed E-state index contributed by atoms with van der Waals surface area (Å²) < 4.78 is 0. The molecule has 1 aliphatic carbocycles. The minimum atomic E-state index is 0.0110. The molecule has 18 heavy (non-hydrogen) atoms. The van der Waals surface area contributed by atoms with Gasteiger partial charge in [0.2, 0.25) is 5.91 Å². The lowest BCUT2D eigenvalue weighted by Gasteiger charge is -2.35. The van der Waals surface area contributed by atoms with E-state index in [-0.39, 0.29) is 12.2 Å². The maximum atomic E-state index is 12.3. The molecule has 3 nitrogen and oxygen atoms in total. The number of hydrogen-bond acceptors (Lipinski definition) is 2. The standard InChI is InChI=1S/C15H28N2O/c1-4-8-13-16-12(3)14(18)17(13)11-15(5-2)9-6-7-10-15/h12-13,16H,4-11H2,1-3H3. The first-order chi connectivity index (χ1) is 8.62. The van der Waals surface area contributed by atoms with Gasteiger partial charge in [0.05, 0.1) is 12.2 Å². The molecule has 104 valence electrons. The van der Waals surface area contributed by atoms with Crippen molar-refractivity contribution in [2.24, 2.45) is 5.41 Å². The summed E-state index contributed by atoms with van der Waals surface area (Å²) in [4.78, 5) is 14.4. The van der Waals surface area contributed by atoms with Crippen LogP contribution in [0.5, 0.6) is 0 Å². The Morgan fingerprint density at radius 1 is 1.33 bits per heavy atom. The van der Waals surface area contributed by atoms with Crippen LogP contribution in [0, 0.1) is 5.41 Å². The lowest BCUT2D eigenvalue weighted by molar-refractivity contribution is -0.131. The van der Waals surface area contributed by atoms with Crippen molar-refractivity contribution in [3.05, 3.63) is 0 Å². The number of rotatable bonds is 5. The summed E-state index contributed by atoms with van der Waals surface area (Å²) in [5.74, 6) is 0.313. The van der Waals surface area contributed by atoms with E-state index in [9.17, 15) is 4.79 Å². The van der Waals surface area contributed by atoms with Crippen molar-refractivity contribution < 1.29 is 4.79 Å². The molecule has 2 rings (SSSR count). The fraction of sp³-hybridized carbons (Fsp3) is 0.933. The molecule has 0 aromatic heterocycles. The molecular formula is C15H28N2O. The van der Waals surface area contributed by atoms with E-state index in [2.05, 4.69) is 24.1 Å². The van der Waals surface area contributed by atoms with E-state index in [1.54, 1.807) is 0 Å². The Morgan fingerprint density at radius 3 is 2.56 bits per heavy atom. The summed E-state index contributed by atoms with van der Waals surface area (Å²) >= 11 is 0.